The second-order valence-electron chi connectivity index (χ2n) is 9.13. The van der Waals surface area contributed by atoms with E-state index in [2.05, 4.69) is 59.6 Å². The maximum atomic E-state index is 12.6. The molecule has 34 heavy (non-hydrogen) atoms. The Balaban J connectivity index is 1.47. The summed E-state index contributed by atoms with van der Waals surface area (Å²) in [5, 5.41) is 10.1. The second kappa shape index (κ2) is 9.76. The number of aryl methyl sites for hydroxylation is 2. The zero-order valence-electron chi connectivity index (χ0n) is 20.1. The van der Waals surface area contributed by atoms with E-state index in [1.807, 2.05) is 30.5 Å². The molecule has 0 saturated carbocycles. The number of thioether (sulfide) groups is 1. The van der Waals surface area contributed by atoms with Crippen molar-refractivity contribution in [1.29, 1.82) is 0 Å². The van der Waals surface area contributed by atoms with Crippen molar-refractivity contribution in [2.75, 3.05) is 0 Å². The first-order valence-corrected chi connectivity index (χ1v) is 12.9. The van der Waals surface area contributed by atoms with E-state index in [0.29, 0.717) is 35.9 Å². The lowest BCUT2D eigenvalue weighted by Gasteiger charge is -2.19. The first-order chi connectivity index (χ1) is 16.2. The van der Waals surface area contributed by atoms with Gasteiger partial charge in [-0.2, -0.15) is 0 Å². The van der Waals surface area contributed by atoms with Crippen molar-refractivity contribution in [3.63, 3.8) is 0 Å². The Morgan fingerprint density at radius 2 is 1.94 bits per heavy atom. The highest BCUT2D eigenvalue weighted by atomic mass is 32.2. The van der Waals surface area contributed by atoms with E-state index >= 15 is 0 Å². The number of hydrogen-bond donors (Lipinski definition) is 1. The van der Waals surface area contributed by atoms with Crippen molar-refractivity contribution >= 4 is 33.3 Å². The lowest BCUT2D eigenvalue weighted by molar-refractivity contribution is 0.289. The largest absolute Gasteiger partial charge is 0.486 e. The Hall–Kier alpha value is -2.91. The van der Waals surface area contributed by atoms with Gasteiger partial charge in [0.15, 0.2) is 11.0 Å². The maximum absolute atomic E-state index is 12.6. The van der Waals surface area contributed by atoms with Gasteiger partial charge < -0.3 is 9.72 Å². The summed E-state index contributed by atoms with van der Waals surface area (Å²) in [5.74, 6) is 2.59. The second-order valence-corrected chi connectivity index (χ2v) is 11.3. The minimum Gasteiger partial charge on any atom is -0.486 e. The predicted molar refractivity (Wildman–Crippen MR) is 139 cm³/mol. The van der Waals surface area contributed by atoms with E-state index in [4.69, 9.17) is 4.74 Å². The molecule has 0 aliphatic carbocycles. The van der Waals surface area contributed by atoms with Gasteiger partial charge in [0.2, 0.25) is 0 Å². The number of benzene rings is 1. The molecule has 4 aromatic rings. The predicted octanol–water partition coefficient (Wildman–Crippen LogP) is 5.55. The third-order valence-electron chi connectivity index (χ3n) is 5.62. The average molecular weight is 496 g/mol. The van der Waals surface area contributed by atoms with Crippen LogP contribution in [0.15, 0.2) is 46.9 Å². The highest BCUT2D eigenvalue weighted by Gasteiger charge is 2.16. The Bertz CT molecular complexity index is 1380. The summed E-state index contributed by atoms with van der Waals surface area (Å²) in [4.78, 5) is 22.0. The summed E-state index contributed by atoms with van der Waals surface area (Å²) < 4.78 is 7.94. The number of H-pyrrole nitrogens is 1. The quantitative estimate of drug-likeness (QED) is 0.255. The number of fused-ring (bicyclic) bond motifs is 1. The normalized spacial score (nSPS) is 11.8. The van der Waals surface area contributed by atoms with Crippen LogP contribution in [0.1, 0.15) is 48.4 Å². The third-order valence-corrected chi connectivity index (χ3v) is 7.70. The van der Waals surface area contributed by atoms with Gasteiger partial charge in [-0.05, 0) is 42.5 Å². The maximum Gasteiger partial charge on any atom is 0.259 e. The molecule has 4 rings (SSSR count). The highest BCUT2D eigenvalue weighted by Crippen LogP contribution is 2.28. The van der Waals surface area contributed by atoms with Crippen molar-refractivity contribution in [3.05, 3.63) is 74.9 Å². The molecule has 0 saturated heterocycles. The van der Waals surface area contributed by atoms with Crippen LogP contribution in [-0.2, 0) is 24.3 Å². The molecule has 0 unspecified atom stereocenters. The van der Waals surface area contributed by atoms with Gasteiger partial charge in [-0.3, -0.25) is 9.36 Å². The number of rotatable bonds is 8. The first kappa shape index (κ1) is 24.2. The van der Waals surface area contributed by atoms with Crippen molar-refractivity contribution in [2.45, 2.75) is 64.1 Å². The molecule has 0 aliphatic heterocycles. The Morgan fingerprint density at radius 3 is 2.62 bits per heavy atom. The molecule has 0 aliphatic rings. The summed E-state index contributed by atoms with van der Waals surface area (Å²) in [6, 6.07) is 8.14. The van der Waals surface area contributed by atoms with Crippen LogP contribution in [0.3, 0.4) is 0 Å². The van der Waals surface area contributed by atoms with Crippen molar-refractivity contribution in [1.82, 2.24) is 24.7 Å². The van der Waals surface area contributed by atoms with Gasteiger partial charge in [-0.15, -0.1) is 28.1 Å². The molecule has 178 valence electrons. The summed E-state index contributed by atoms with van der Waals surface area (Å²) in [6.45, 7) is 15.2. The van der Waals surface area contributed by atoms with Crippen LogP contribution in [0.5, 0.6) is 5.75 Å². The fourth-order valence-electron chi connectivity index (χ4n) is 3.54. The number of nitrogens with zero attached hydrogens (tertiary/aromatic N) is 4. The number of allylic oxidation sites excluding steroid dienone is 1. The zero-order chi connectivity index (χ0) is 24.5. The molecule has 3 aromatic heterocycles. The molecular formula is C25H29N5O2S2. The van der Waals surface area contributed by atoms with Crippen molar-refractivity contribution < 1.29 is 4.74 Å². The monoisotopic (exact) mass is 495 g/mol. The van der Waals surface area contributed by atoms with E-state index in [-0.39, 0.29) is 11.0 Å². The molecule has 9 heteroatoms. The number of aromatic nitrogens is 5. The van der Waals surface area contributed by atoms with Crippen LogP contribution in [-0.4, -0.2) is 24.7 Å². The lowest BCUT2D eigenvalue weighted by Crippen LogP contribution is -2.11. The minimum absolute atomic E-state index is 0.0958. The van der Waals surface area contributed by atoms with E-state index in [9.17, 15) is 4.79 Å². The fourth-order valence-corrected chi connectivity index (χ4v) is 5.43. The Kier molecular flexibility index (Phi) is 6.95. The standard InChI is InChI=1S/C25H29N5O2S2/c1-7-12-30-20(13-32-18-10-8-17(9-11-18)25(4,5)6)28-29-24(30)33-14-19-26-22(31)21-15(2)16(3)34-23(21)27-19/h7-11H,1,12-14H2,2-6H3,(H,26,27,31). The zero-order valence-corrected chi connectivity index (χ0v) is 21.8. The number of hydrogen-bond acceptors (Lipinski definition) is 7. The molecule has 0 spiro atoms. The van der Waals surface area contributed by atoms with Crippen LogP contribution in [0.25, 0.3) is 10.2 Å². The number of nitrogens with one attached hydrogen (secondary N) is 1. The lowest BCUT2D eigenvalue weighted by atomic mass is 9.87. The van der Waals surface area contributed by atoms with Crippen LogP contribution in [0, 0.1) is 13.8 Å². The Labute approximate surface area is 207 Å². The molecule has 0 radical (unpaired) electrons. The Morgan fingerprint density at radius 1 is 1.21 bits per heavy atom. The van der Waals surface area contributed by atoms with Crippen molar-refractivity contribution in [2.24, 2.45) is 0 Å². The van der Waals surface area contributed by atoms with Crippen LogP contribution in [0.2, 0.25) is 0 Å². The van der Waals surface area contributed by atoms with Crippen LogP contribution < -0.4 is 10.3 Å². The first-order valence-electron chi connectivity index (χ1n) is 11.1. The molecule has 0 atom stereocenters. The van der Waals surface area contributed by atoms with Crippen molar-refractivity contribution in [3.8, 4) is 5.75 Å². The smallest absolute Gasteiger partial charge is 0.259 e. The number of aromatic amines is 1. The molecule has 1 aromatic carbocycles. The third kappa shape index (κ3) is 5.10. The van der Waals surface area contributed by atoms with Crippen LogP contribution in [0.4, 0.5) is 0 Å². The molecule has 0 bridgehead atoms. The molecule has 0 fully saturated rings. The van der Waals surface area contributed by atoms with Gasteiger partial charge in [-0.1, -0.05) is 50.7 Å². The minimum atomic E-state index is -0.0958. The average Bonchev–Trinajstić information content (AvgIpc) is 3.30. The summed E-state index contributed by atoms with van der Waals surface area (Å²) in [7, 11) is 0. The fraction of sp³-hybridized carbons (Fsp3) is 0.360. The SMILES string of the molecule is C=CCn1c(COc2ccc(C(C)(C)C)cc2)nnc1SCc1nc2sc(C)c(C)c2c(=O)[nH]1. The van der Waals surface area contributed by atoms with E-state index in [1.165, 1.54) is 17.3 Å². The number of ether oxygens (including phenoxy) is 1. The molecule has 3 heterocycles. The van der Waals surface area contributed by atoms with Crippen LogP contribution >= 0.6 is 23.1 Å². The van der Waals surface area contributed by atoms with Gasteiger partial charge in [0, 0.05) is 11.4 Å². The topological polar surface area (TPSA) is 85.7 Å². The summed E-state index contributed by atoms with van der Waals surface area (Å²) >= 11 is 3.02. The highest BCUT2D eigenvalue weighted by molar-refractivity contribution is 7.98. The molecule has 1 N–H and O–H groups in total. The van der Waals surface area contributed by atoms with Gasteiger partial charge in [0.05, 0.1) is 11.1 Å². The van der Waals surface area contributed by atoms with Gasteiger partial charge >= 0.3 is 0 Å². The van der Waals surface area contributed by atoms with E-state index < -0.39 is 0 Å². The molecule has 0 amide bonds. The number of thiophene rings is 1. The molecular weight excluding hydrogens is 466 g/mol. The molecule has 7 nitrogen and oxygen atoms in total. The van der Waals surface area contributed by atoms with E-state index in [1.54, 1.807) is 17.4 Å². The summed E-state index contributed by atoms with van der Waals surface area (Å²) in [6.07, 6.45) is 1.80. The van der Waals surface area contributed by atoms with Gasteiger partial charge in [-0.25, -0.2) is 4.98 Å². The van der Waals surface area contributed by atoms with E-state index in [0.717, 1.165) is 26.2 Å². The van der Waals surface area contributed by atoms with Gasteiger partial charge in [0.1, 0.15) is 23.0 Å². The summed E-state index contributed by atoms with van der Waals surface area (Å²) in [5.41, 5.74) is 2.25. The van der Waals surface area contributed by atoms with Gasteiger partial charge in [0.25, 0.3) is 5.56 Å².